The van der Waals surface area contributed by atoms with E-state index in [0.717, 1.165) is 25.2 Å². The topological polar surface area (TPSA) is 43.8 Å². The van der Waals surface area contributed by atoms with Crippen LogP contribution in [0, 0.1) is 0 Å². The third-order valence-electron chi connectivity index (χ3n) is 4.34. The van der Waals surface area contributed by atoms with Gasteiger partial charge in [0.1, 0.15) is 6.04 Å². The molecule has 2 aromatic carbocycles. The predicted octanol–water partition coefficient (Wildman–Crippen LogP) is 2.46. The minimum atomic E-state index is -0.737. The second kappa shape index (κ2) is 7.40. The van der Waals surface area contributed by atoms with Gasteiger partial charge in [0.15, 0.2) is 0 Å². The predicted molar refractivity (Wildman–Crippen MR) is 90.0 cm³/mol. The fourth-order valence-corrected chi connectivity index (χ4v) is 3.10. The number of rotatable bonds is 5. The van der Waals surface area contributed by atoms with Gasteiger partial charge < -0.3 is 5.11 Å². The molecule has 2 aromatic rings. The number of carboxylic acid groups (broad SMARTS) is 1. The Hall–Kier alpha value is -2.17. The van der Waals surface area contributed by atoms with Crippen molar-refractivity contribution in [3.8, 4) is 0 Å². The maximum Gasteiger partial charge on any atom is 0.322 e. The third-order valence-corrected chi connectivity index (χ3v) is 4.34. The summed E-state index contributed by atoms with van der Waals surface area (Å²) in [5.74, 6) is -0.737. The second-order valence-corrected chi connectivity index (χ2v) is 6.03. The molecule has 3 rings (SSSR count). The van der Waals surface area contributed by atoms with E-state index >= 15 is 0 Å². The molecule has 0 aromatic heterocycles. The van der Waals surface area contributed by atoms with Crippen LogP contribution in [0.4, 0.5) is 0 Å². The molecule has 1 aliphatic rings. The SMILES string of the molecule is O=C(O)[C@H]1CN(Cc2ccccc2)CCN1Cc1ccccc1. The van der Waals surface area contributed by atoms with E-state index in [1.165, 1.54) is 5.56 Å². The van der Waals surface area contributed by atoms with E-state index in [1.807, 2.05) is 36.4 Å². The number of aliphatic carboxylic acids is 1. The maximum atomic E-state index is 11.7. The highest BCUT2D eigenvalue weighted by molar-refractivity contribution is 5.74. The normalized spacial score (nSPS) is 19.6. The molecule has 0 bridgehead atoms. The van der Waals surface area contributed by atoms with Gasteiger partial charge in [0.05, 0.1) is 0 Å². The smallest absolute Gasteiger partial charge is 0.322 e. The molecule has 120 valence electrons. The van der Waals surface area contributed by atoms with Crippen molar-refractivity contribution in [2.45, 2.75) is 19.1 Å². The summed E-state index contributed by atoms with van der Waals surface area (Å²) in [6, 6.07) is 19.9. The first-order valence-electron chi connectivity index (χ1n) is 7.99. The van der Waals surface area contributed by atoms with E-state index in [1.54, 1.807) is 0 Å². The van der Waals surface area contributed by atoms with Crippen LogP contribution in [-0.4, -0.2) is 46.6 Å². The Balaban J connectivity index is 1.65. The Labute approximate surface area is 137 Å². The molecule has 1 fully saturated rings. The molecule has 4 heteroatoms. The van der Waals surface area contributed by atoms with Crippen LogP contribution in [0.15, 0.2) is 60.7 Å². The molecule has 1 saturated heterocycles. The van der Waals surface area contributed by atoms with Crippen LogP contribution in [0.25, 0.3) is 0 Å². The molecule has 0 spiro atoms. The van der Waals surface area contributed by atoms with Crippen LogP contribution >= 0.6 is 0 Å². The number of carbonyl (C=O) groups is 1. The van der Waals surface area contributed by atoms with Gasteiger partial charge in [-0.15, -0.1) is 0 Å². The summed E-state index contributed by atoms with van der Waals surface area (Å²) in [5, 5.41) is 9.60. The molecule has 0 saturated carbocycles. The zero-order chi connectivity index (χ0) is 16.1. The van der Waals surface area contributed by atoms with Crippen molar-refractivity contribution in [2.24, 2.45) is 0 Å². The lowest BCUT2D eigenvalue weighted by atomic mass is 10.1. The van der Waals surface area contributed by atoms with Gasteiger partial charge in [-0.05, 0) is 11.1 Å². The van der Waals surface area contributed by atoms with Crippen molar-refractivity contribution >= 4 is 5.97 Å². The Morgan fingerprint density at radius 1 is 0.913 bits per heavy atom. The van der Waals surface area contributed by atoms with E-state index in [0.29, 0.717) is 13.1 Å². The van der Waals surface area contributed by atoms with Gasteiger partial charge in [0.25, 0.3) is 0 Å². The van der Waals surface area contributed by atoms with Gasteiger partial charge >= 0.3 is 5.97 Å². The molecular weight excluding hydrogens is 288 g/mol. The molecule has 4 nitrogen and oxygen atoms in total. The van der Waals surface area contributed by atoms with Crippen molar-refractivity contribution < 1.29 is 9.90 Å². The minimum absolute atomic E-state index is 0.451. The molecule has 23 heavy (non-hydrogen) atoms. The Morgan fingerprint density at radius 3 is 2.04 bits per heavy atom. The third kappa shape index (κ3) is 4.18. The van der Waals surface area contributed by atoms with Crippen molar-refractivity contribution in [1.29, 1.82) is 0 Å². The first kappa shape index (κ1) is 15.7. The van der Waals surface area contributed by atoms with Gasteiger partial charge in [-0.1, -0.05) is 60.7 Å². The summed E-state index contributed by atoms with van der Waals surface area (Å²) < 4.78 is 0. The highest BCUT2D eigenvalue weighted by Crippen LogP contribution is 2.16. The quantitative estimate of drug-likeness (QED) is 0.921. The van der Waals surface area contributed by atoms with Crippen LogP contribution in [0.5, 0.6) is 0 Å². The summed E-state index contributed by atoms with van der Waals surface area (Å²) in [5.41, 5.74) is 2.39. The molecule has 0 unspecified atom stereocenters. The number of carboxylic acids is 1. The zero-order valence-electron chi connectivity index (χ0n) is 13.1. The summed E-state index contributed by atoms with van der Waals surface area (Å²) in [6.07, 6.45) is 0. The molecule has 0 aliphatic carbocycles. The van der Waals surface area contributed by atoms with Crippen molar-refractivity contribution in [2.75, 3.05) is 19.6 Å². The van der Waals surface area contributed by atoms with Crippen LogP contribution in [0.3, 0.4) is 0 Å². The van der Waals surface area contributed by atoms with E-state index < -0.39 is 12.0 Å². The minimum Gasteiger partial charge on any atom is -0.480 e. The lowest BCUT2D eigenvalue weighted by Gasteiger charge is -2.39. The van der Waals surface area contributed by atoms with E-state index in [2.05, 4.69) is 34.1 Å². The Morgan fingerprint density at radius 2 is 1.48 bits per heavy atom. The first-order chi connectivity index (χ1) is 11.2. The highest BCUT2D eigenvalue weighted by Gasteiger charge is 2.32. The van der Waals surface area contributed by atoms with Crippen LogP contribution < -0.4 is 0 Å². The number of benzene rings is 2. The second-order valence-electron chi connectivity index (χ2n) is 6.03. The van der Waals surface area contributed by atoms with Gasteiger partial charge in [-0.25, -0.2) is 0 Å². The summed E-state index contributed by atoms with van der Waals surface area (Å²) in [7, 11) is 0. The fraction of sp³-hybridized carbons (Fsp3) is 0.316. The van der Waals surface area contributed by atoms with Crippen molar-refractivity contribution in [3.63, 3.8) is 0 Å². The monoisotopic (exact) mass is 310 g/mol. The first-order valence-corrected chi connectivity index (χ1v) is 7.99. The number of hydrogen-bond acceptors (Lipinski definition) is 3. The van der Waals surface area contributed by atoms with Crippen molar-refractivity contribution in [1.82, 2.24) is 9.80 Å². The summed E-state index contributed by atoms with van der Waals surface area (Å²) >= 11 is 0. The van der Waals surface area contributed by atoms with Crippen LogP contribution in [0.1, 0.15) is 11.1 Å². The van der Waals surface area contributed by atoms with Gasteiger partial charge in [-0.3, -0.25) is 14.6 Å². The average molecular weight is 310 g/mol. The average Bonchev–Trinajstić information content (AvgIpc) is 2.58. The van der Waals surface area contributed by atoms with E-state index in [4.69, 9.17) is 0 Å². The zero-order valence-corrected chi connectivity index (χ0v) is 13.1. The molecular formula is C19H22N2O2. The maximum absolute atomic E-state index is 11.7. The molecule has 0 radical (unpaired) electrons. The van der Waals surface area contributed by atoms with E-state index in [-0.39, 0.29) is 0 Å². The number of hydrogen-bond donors (Lipinski definition) is 1. The number of piperazine rings is 1. The lowest BCUT2D eigenvalue weighted by Crippen LogP contribution is -2.55. The molecule has 1 aliphatic heterocycles. The summed E-state index contributed by atoms with van der Waals surface area (Å²) in [6.45, 7) is 3.74. The van der Waals surface area contributed by atoms with Crippen LogP contribution in [0.2, 0.25) is 0 Å². The standard InChI is InChI=1S/C19H22N2O2/c22-19(23)18-15-20(13-16-7-3-1-4-8-16)11-12-21(18)14-17-9-5-2-6-10-17/h1-10,18H,11-15H2,(H,22,23)/t18-/m1/s1. The lowest BCUT2D eigenvalue weighted by molar-refractivity contribution is -0.146. The van der Waals surface area contributed by atoms with E-state index in [9.17, 15) is 9.90 Å². The van der Waals surface area contributed by atoms with Crippen molar-refractivity contribution in [3.05, 3.63) is 71.8 Å². The van der Waals surface area contributed by atoms with Gasteiger partial charge in [0, 0.05) is 32.7 Å². The molecule has 1 atom stereocenters. The Kier molecular flexibility index (Phi) is 5.05. The summed E-state index contributed by atoms with van der Waals surface area (Å²) in [4.78, 5) is 16.0. The molecule has 0 amide bonds. The van der Waals surface area contributed by atoms with Gasteiger partial charge in [-0.2, -0.15) is 0 Å². The molecule has 1 N–H and O–H groups in total. The molecule has 1 heterocycles. The fourth-order valence-electron chi connectivity index (χ4n) is 3.10. The highest BCUT2D eigenvalue weighted by atomic mass is 16.4. The largest absolute Gasteiger partial charge is 0.480 e. The van der Waals surface area contributed by atoms with Crippen LogP contribution in [-0.2, 0) is 17.9 Å². The number of nitrogens with zero attached hydrogens (tertiary/aromatic N) is 2. The van der Waals surface area contributed by atoms with Gasteiger partial charge in [0.2, 0.25) is 0 Å². The Bertz CT molecular complexity index is 630.